The lowest BCUT2D eigenvalue weighted by Crippen LogP contribution is -1.97. The normalized spacial score (nSPS) is 11.0. The minimum Gasteiger partial charge on any atom is -0.343 e. The van der Waals surface area contributed by atoms with Gasteiger partial charge >= 0.3 is 0 Å². The standard InChI is InChI=1S/C14H10N6/c1-2-4-9(5-3-1)19-12-10-6-11-14(18-7-15-11)20-13(10)17-8-16-12/h1-8H,(H2,15,16,17,18,19,20). The summed E-state index contributed by atoms with van der Waals surface area (Å²) in [5.74, 6) is 0.727. The Bertz CT molecular complexity index is 884. The first-order valence-electron chi connectivity index (χ1n) is 6.17. The van der Waals surface area contributed by atoms with E-state index < -0.39 is 0 Å². The van der Waals surface area contributed by atoms with Gasteiger partial charge in [0.15, 0.2) is 11.3 Å². The molecule has 0 aliphatic rings. The Hall–Kier alpha value is -3.02. The quantitative estimate of drug-likeness (QED) is 0.580. The van der Waals surface area contributed by atoms with Gasteiger partial charge in [0.2, 0.25) is 0 Å². The molecule has 0 bridgehead atoms. The molecule has 3 heterocycles. The number of aromatic nitrogens is 5. The van der Waals surface area contributed by atoms with Gasteiger partial charge in [-0.2, -0.15) is 0 Å². The zero-order chi connectivity index (χ0) is 13.4. The number of hydrogen-bond acceptors (Lipinski definition) is 5. The van der Waals surface area contributed by atoms with Gasteiger partial charge in [-0.3, -0.25) is 0 Å². The predicted molar refractivity (Wildman–Crippen MR) is 76.7 cm³/mol. The highest BCUT2D eigenvalue weighted by Crippen LogP contribution is 2.23. The zero-order valence-corrected chi connectivity index (χ0v) is 10.4. The SMILES string of the molecule is c1ccc(Nc2ncnc3nc4nc[nH]c4cc23)cc1. The Morgan fingerprint density at radius 2 is 1.85 bits per heavy atom. The molecule has 96 valence electrons. The van der Waals surface area contributed by atoms with Gasteiger partial charge in [-0.1, -0.05) is 18.2 Å². The second-order valence-electron chi connectivity index (χ2n) is 4.35. The lowest BCUT2D eigenvalue weighted by molar-refractivity contribution is 1.19. The van der Waals surface area contributed by atoms with Crippen molar-refractivity contribution in [1.29, 1.82) is 0 Å². The van der Waals surface area contributed by atoms with Crippen molar-refractivity contribution < 1.29 is 0 Å². The van der Waals surface area contributed by atoms with Crippen molar-refractivity contribution in [3.05, 3.63) is 49.1 Å². The van der Waals surface area contributed by atoms with Crippen LogP contribution in [-0.2, 0) is 0 Å². The summed E-state index contributed by atoms with van der Waals surface area (Å²) in [7, 11) is 0. The van der Waals surface area contributed by atoms with Gasteiger partial charge < -0.3 is 10.3 Å². The first-order chi connectivity index (χ1) is 9.90. The van der Waals surface area contributed by atoms with Crippen molar-refractivity contribution in [3.8, 4) is 0 Å². The number of para-hydroxylation sites is 1. The van der Waals surface area contributed by atoms with Crippen LogP contribution in [0.4, 0.5) is 11.5 Å². The van der Waals surface area contributed by atoms with E-state index in [1.807, 2.05) is 36.4 Å². The van der Waals surface area contributed by atoms with Gasteiger partial charge in [0.25, 0.3) is 0 Å². The number of anilines is 2. The summed E-state index contributed by atoms with van der Waals surface area (Å²) in [4.78, 5) is 20.1. The average Bonchev–Trinajstić information content (AvgIpc) is 2.94. The molecule has 3 aromatic heterocycles. The topological polar surface area (TPSA) is 79.4 Å². The summed E-state index contributed by atoms with van der Waals surface area (Å²) in [6.45, 7) is 0. The predicted octanol–water partition coefficient (Wildman–Crippen LogP) is 2.64. The van der Waals surface area contributed by atoms with E-state index in [1.54, 1.807) is 6.33 Å². The molecule has 20 heavy (non-hydrogen) atoms. The van der Waals surface area contributed by atoms with Crippen molar-refractivity contribution in [2.24, 2.45) is 0 Å². The van der Waals surface area contributed by atoms with Crippen molar-refractivity contribution in [2.75, 3.05) is 5.32 Å². The molecule has 4 rings (SSSR count). The van der Waals surface area contributed by atoms with Gasteiger partial charge in [-0.05, 0) is 18.2 Å². The van der Waals surface area contributed by atoms with Crippen LogP contribution in [0.3, 0.4) is 0 Å². The van der Waals surface area contributed by atoms with Gasteiger partial charge in [0.1, 0.15) is 12.1 Å². The molecule has 6 heteroatoms. The van der Waals surface area contributed by atoms with Crippen molar-refractivity contribution in [2.45, 2.75) is 0 Å². The minimum atomic E-state index is 0.623. The first kappa shape index (κ1) is 10.9. The van der Waals surface area contributed by atoms with Crippen LogP contribution < -0.4 is 5.32 Å². The lowest BCUT2D eigenvalue weighted by Gasteiger charge is -2.07. The van der Waals surface area contributed by atoms with E-state index in [2.05, 4.69) is 30.2 Å². The second-order valence-corrected chi connectivity index (χ2v) is 4.35. The zero-order valence-electron chi connectivity index (χ0n) is 10.4. The van der Waals surface area contributed by atoms with Crippen LogP contribution in [0.25, 0.3) is 22.2 Å². The van der Waals surface area contributed by atoms with Crippen LogP contribution in [0.5, 0.6) is 0 Å². The maximum atomic E-state index is 4.41. The minimum absolute atomic E-state index is 0.623. The Morgan fingerprint density at radius 3 is 2.75 bits per heavy atom. The largest absolute Gasteiger partial charge is 0.343 e. The molecule has 0 aliphatic carbocycles. The number of benzene rings is 1. The van der Waals surface area contributed by atoms with E-state index >= 15 is 0 Å². The molecule has 0 spiro atoms. The van der Waals surface area contributed by atoms with E-state index in [4.69, 9.17) is 0 Å². The highest BCUT2D eigenvalue weighted by atomic mass is 15.1. The summed E-state index contributed by atoms with van der Waals surface area (Å²) in [5.41, 5.74) is 3.11. The van der Waals surface area contributed by atoms with Crippen LogP contribution in [0, 0.1) is 0 Å². The smallest absolute Gasteiger partial charge is 0.179 e. The van der Waals surface area contributed by atoms with Crippen molar-refractivity contribution in [1.82, 2.24) is 24.9 Å². The Kier molecular flexibility index (Phi) is 2.32. The molecule has 0 radical (unpaired) electrons. The summed E-state index contributed by atoms with van der Waals surface area (Å²) < 4.78 is 0. The molecule has 4 aromatic rings. The fraction of sp³-hybridized carbons (Fsp3) is 0. The monoisotopic (exact) mass is 262 g/mol. The van der Waals surface area contributed by atoms with Crippen molar-refractivity contribution >= 4 is 33.7 Å². The number of imidazole rings is 1. The van der Waals surface area contributed by atoms with E-state index in [0.29, 0.717) is 11.3 Å². The van der Waals surface area contributed by atoms with E-state index in [1.165, 1.54) is 6.33 Å². The Morgan fingerprint density at radius 1 is 0.950 bits per heavy atom. The van der Waals surface area contributed by atoms with Crippen molar-refractivity contribution in [3.63, 3.8) is 0 Å². The molecule has 1 aromatic carbocycles. The maximum absolute atomic E-state index is 4.41. The number of fused-ring (bicyclic) bond motifs is 2. The first-order valence-corrected chi connectivity index (χ1v) is 6.17. The highest BCUT2D eigenvalue weighted by Gasteiger charge is 2.08. The highest BCUT2D eigenvalue weighted by molar-refractivity contribution is 5.94. The molecule has 0 amide bonds. The van der Waals surface area contributed by atoms with Crippen LogP contribution in [0.2, 0.25) is 0 Å². The van der Waals surface area contributed by atoms with Crippen LogP contribution in [0.15, 0.2) is 49.1 Å². The summed E-state index contributed by atoms with van der Waals surface area (Å²) >= 11 is 0. The molecule has 6 nitrogen and oxygen atoms in total. The van der Waals surface area contributed by atoms with E-state index in [0.717, 1.165) is 22.4 Å². The molecule has 0 unspecified atom stereocenters. The van der Waals surface area contributed by atoms with Gasteiger partial charge in [0, 0.05) is 5.69 Å². The number of rotatable bonds is 2. The summed E-state index contributed by atoms with van der Waals surface area (Å²) in [6.07, 6.45) is 3.12. The summed E-state index contributed by atoms with van der Waals surface area (Å²) in [6, 6.07) is 11.8. The molecule has 0 aliphatic heterocycles. The molecule has 0 atom stereocenters. The van der Waals surface area contributed by atoms with E-state index in [9.17, 15) is 0 Å². The third-order valence-corrected chi connectivity index (χ3v) is 3.05. The maximum Gasteiger partial charge on any atom is 0.179 e. The number of pyridine rings is 1. The number of aromatic amines is 1. The average molecular weight is 262 g/mol. The van der Waals surface area contributed by atoms with E-state index in [-0.39, 0.29) is 0 Å². The molecule has 2 N–H and O–H groups in total. The number of nitrogens with one attached hydrogen (secondary N) is 2. The third-order valence-electron chi connectivity index (χ3n) is 3.05. The molecule has 0 saturated heterocycles. The van der Waals surface area contributed by atoms with Crippen LogP contribution in [0.1, 0.15) is 0 Å². The third kappa shape index (κ3) is 1.74. The van der Waals surface area contributed by atoms with Gasteiger partial charge in [0.05, 0.1) is 17.2 Å². The van der Waals surface area contributed by atoms with Crippen LogP contribution >= 0.6 is 0 Å². The van der Waals surface area contributed by atoms with Crippen LogP contribution in [-0.4, -0.2) is 24.9 Å². The second kappa shape index (κ2) is 4.27. The molecular weight excluding hydrogens is 252 g/mol. The fourth-order valence-corrected chi connectivity index (χ4v) is 2.10. The Labute approximate surface area is 113 Å². The Balaban J connectivity index is 1.90. The number of nitrogens with zero attached hydrogens (tertiary/aromatic N) is 4. The summed E-state index contributed by atoms with van der Waals surface area (Å²) in [5, 5.41) is 4.13. The van der Waals surface area contributed by atoms with Gasteiger partial charge in [-0.15, -0.1) is 0 Å². The number of hydrogen-bond donors (Lipinski definition) is 2. The molecule has 0 fully saturated rings. The molecule has 0 saturated carbocycles. The number of H-pyrrole nitrogens is 1. The fourth-order valence-electron chi connectivity index (χ4n) is 2.10. The lowest BCUT2D eigenvalue weighted by atomic mass is 10.2. The molecular formula is C14H10N6. The van der Waals surface area contributed by atoms with Gasteiger partial charge in [-0.25, -0.2) is 19.9 Å².